The monoisotopic (exact) mass is 403 g/mol. The molecular weight excluding hydrogens is 378 g/mol. The summed E-state index contributed by atoms with van der Waals surface area (Å²) in [6, 6.07) is 18.5. The summed E-state index contributed by atoms with van der Waals surface area (Å²) >= 11 is 1.69. The molecule has 1 amide bonds. The molecule has 2 aromatic carbocycles. The van der Waals surface area contributed by atoms with Crippen LogP contribution in [0.3, 0.4) is 0 Å². The fourth-order valence-electron chi connectivity index (χ4n) is 3.50. The SMILES string of the molecule is Cc1cccc(/C=C/C(=O)N2CCN(Cc3csc(-c4ccccc4)n3)CC2)c1. The van der Waals surface area contributed by atoms with E-state index in [1.807, 2.05) is 41.3 Å². The van der Waals surface area contributed by atoms with E-state index in [1.165, 1.54) is 11.1 Å². The first-order valence-corrected chi connectivity index (χ1v) is 10.8. The fourth-order valence-corrected chi connectivity index (χ4v) is 4.31. The van der Waals surface area contributed by atoms with E-state index >= 15 is 0 Å². The van der Waals surface area contributed by atoms with Crippen LogP contribution in [0.1, 0.15) is 16.8 Å². The summed E-state index contributed by atoms with van der Waals surface area (Å²) in [6.07, 6.45) is 3.60. The average molecular weight is 404 g/mol. The lowest BCUT2D eigenvalue weighted by atomic mass is 10.1. The van der Waals surface area contributed by atoms with Crippen LogP contribution in [0.25, 0.3) is 16.6 Å². The van der Waals surface area contributed by atoms with Crippen LogP contribution in [-0.2, 0) is 11.3 Å². The maximum Gasteiger partial charge on any atom is 0.246 e. The Morgan fingerprint density at radius 3 is 2.62 bits per heavy atom. The van der Waals surface area contributed by atoms with E-state index in [1.54, 1.807) is 17.4 Å². The summed E-state index contributed by atoms with van der Waals surface area (Å²) in [5.41, 5.74) is 4.54. The smallest absolute Gasteiger partial charge is 0.246 e. The lowest BCUT2D eigenvalue weighted by Gasteiger charge is -2.33. The molecule has 0 bridgehead atoms. The van der Waals surface area contributed by atoms with E-state index < -0.39 is 0 Å². The molecule has 0 N–H and O–H groups in total. The number of benzene rings is 2. The first-order valence-electron chi connectivity index (χ1n) is 9.93. The van der Waals surface area contributed by atoms with Gasteiger partial charge in [0.1, 0.15) is 5.01 Å². The van der Waals surface area contributed by atoms with Gasteiger partial charge in [0.25, 0.3) is 0 Å². The number of aryl methyl sites for hydroxylation is 1. The van der Waals surface area contributed by atoms with Gasteiger partial charge in [0.15, 0.2) is 0 Å². The van der Waals surface area contributed by atoms with Gasteiger partial charge in [-0.15, -0.1) is 11.3 Å². The second-order valence-corrected chi connectivity index (χ2v) is 8.22. The zero-order chi connectivity index (χ0) is 20.1. The highest BCUT2D eigenvalue weighted by Crippen LogP contribution is 2.24. The molecular formula is C24H25N3OS. The first kappa shape index (κ1) is 19.6. The number of nitrogens with zero attached hydrogens (tertiary/aromatic N) is 3. The Morgan fingerprint density at radius 2 is 1.86 bits per heavy atom. The number of piperazine rings is 1. The summed E-state index contributed by atoms with van der Waals surface area (Å²) in [7, 11) is 0. The number of carbonyl (C=O) groups excluding carboxylic acids is 1. The average Bonchev–Trinajstić information content (AvgIpc) is 3.22. The molecule has 1 aliphatic heterocycles. The van der Waals surface area contributed by atoms with Gasteiger partial charge in [-0.3, -0.25) is 9.69 Å². The van der Waals surface area contributed by atoms with Crippen LogP contribution in [-0.4, -0.2) is 46.9 Å². The van der Waals surface area contributed by atoms with Crippen molar-refractivity contribution in [2.45, 2.75) is 13.5 Å². The number of amides is 1. The minimum atomic E-state index is 0.0891. The van der Waals surface area contributed by atoms with Crippen molar-refractivity contribution in [1.29, 1.82) is 0 Å². The summed E-state index contributed by atoms with van der Waals surface area (Å²) in [4.78, 5) is 21.6. The van der Waals surface area contributed by atoms with E-state index in [0.717, 1.165) is 49.0 Å². The van der Waals surface area contributed by atoms with Crippen molar-refractivity contribution >= 4 is 23.3 Å². The topological polar surface area (TPSA) is 36.4 Å². The predicted octanol–water partition coefficient (Wildman–Crippen LogP) is 4.48. The maximum atomic E-state index is 12.5. The lowest BCUT2D eigenvalue weighted by molar-refractivity contribution is -0.127. The molecule has 0 radical (unpaired) electrons. The molecule has 1 aliphatic rings. The quantitative estimate of drug-likeness (QED) is 0.590. The van der Waals surface area contributed by atoms with Crippen LogP contribution in [0, 0.1) is 6.92 Å². The maximum absolute atomic E-state index is 12.5. The normalized spacial score (nSPS) is 15.1. The van der Waals surface area contributed by atoms with Crippen molar-refractivity contribution in [3.63, 3.8) is 0 Å². The van der Waals surface area contributed by atoms with Gasteiger partial charge < -0.3 is 4.90 Å². The van der Waals surface area contributed by atoms with Gasteiger partial charge >= 0.3 is 0 Å². The Bertz CT molecular complexity index is 988. The molecule has 3 aromatic rings. The third-order valence-corrected chi connectivity index (χ3v) is 6.04. The van der Waals surface area contributed by atoms with Gasteiger partial charge in [-0.25, -0.2) is 4.98 Å². The van der Waals surface area contributed by atoms with Crippen molar-refractivity contribution in [2.75, 3.05) is 26.2 Å². The molecule has 0 spiro atoms. The number of rotatable bonds is 5. The number of aromatic nitrogens is 1. The van der Waals surface area contributed by atoms with Gasteiger partial charge in [0, 0.05) is 49.7 Å². The van der Waals surface area contributed by atoms with E-state index in [4.69, 9.17) is 4.98 Å². The van der Waals surface area contributed by atoms with Crippen LogP contribution < -0.4 is 0 Å². The van der Waals surface area contributed by atoms with E-state index in [0.29, 0.717) is 0 Å². The van der Waals surface area contributed by atoms with Crippen LogP contribution >= 0.6 is 11.3 Å². The number of hydrogen-bond donors (Lipinski definition) is 0. The van der Waals surface area contributed by atoms with Crippen LogP contribution in [0.5, 0.6) is 0 Å². The Balaban J connectivity index is 1.28. The highest BCUT2D eigenvalue weighted by atomic mass is 32.1. The Labute approximate surface area is 176 Å². The molecule has 29 heavy (non-hydrogen) atoms. The molecule has 0 unspecified atom stereocenters. The standard InChI is InChI=1S/C24H25N3OS/c1-19-6-5-7-20(16-19)10-11-23(28)27-14-12-26(13-15-27)17-22-18-29-24(25-22)21-8-3-2-4-9-21/h2-11,16,18H,12-15,17H2,1H3/b11-10+. The number of carbonyl (C=O) groups is 1. The largest absolute Gasteiger partial charge is 0.337 e. The Morgan fingerprint density at radius 1 is 1.07 bits per heavy atom. The summed E-state index contributed by atoms with van der Waals surface area (Å²) in [5, 5.41) is 3.21. The molecule has 1 saturated heterocycles. The summed E-state index contributed by atoms with van der Waals surface area (Å²) in [6.45, 7) is 6.16. The van der Waals surface area contributed by atoms with Gasteiger partial charge in [-0.2, -0.15) is 0 Å². The van der Waals surface area contributed by atoms with E-state index in [2.05, 4.69) is 41.5 Å². The predicted molar refractivity (Wildman–Crippen MR) is 120 cm³/mol. The van der Waals surface area contributed by atoms with Crippen molar-refractivity contribution in [3.8, 4) is 10.6 Å². The zero-order valence-corrected chi connectivity index (χ0v) is 17.4. The van der Waals surface area contributed by atoms with Gasteiger partial charge in [-0.1, -0.05) is 60.2 Å². The minimum Gasteiger partial charge on any atom is -0.337 e. The van der Waals surface area contributed by atoms with Crippen LogP contribution in [0.4, 0.5) is 0 Å². The highest BCUT2D eigenvalue weighted by Gasteiger charge is 2.20. The van der Waals surface area contributed by atoms with Crippen molar-refractivity contribution < 1.29 is 4.79 Å². The molecule has 1 aromatic heterocycles. The first-order chi connectivity index (χ1) is 14.2. The zero-order valence-electron chi connectivity index (χ0n) is 16.6. The molecule has 2 heterocycles. The molecule has 4 nitrogen and oxygen atoms in total. The molecule has 5 heteroatoms. The Hall–Kier alpha value is -2.76. The molecule has 148 valence electrons. The molecule has 0 atom stereocenters. The summed E-state index contributed by atoms with van der Waals surface area (Å²) in [5.74, 6) is 0.0891. The molecule has 0 aliphatic carbocycles. The number of hydrogen-bond acceptors (Lipinski definition) is 4. The fraction of sp³-hybridized carbons (Fsp3) is 0.250. The lowest BCUT2D eigenvalue weighted by Crippen LogP contribution is -2.47. The van der Waals surface area contributed by atoms with Crippen LogP contribution in [0.2, 0.25) is 0 Å². The van der Waals surface area contributed by atoms with Crippen molar-refractivity contribution in [2.24, 2.45) is 0 Å². The van der Waals surface area contributed by atoms with E-state index in [9.17, 15) is 4.79 Å². The minimum absolute atomic E-state index is 0.0891. The number of thiazole rings is 1. The van der Waals surface area contributed by atoms with E-state index in [-0.39, 0.29) is 5.91 Å². The second-order valence-electron chi connectivity index (χ2n) is 7.36. The second kappa shape index (κ2) is 9.16. The molecule has 4 rings (SSSR count). The molecule has 1 fully saturated rings. The van der Waals surface area contributed by atoms with Gasteiger partial charge in [0.05, 0.1) is 5.69 Å². The summed E-state index contributed by atoms with van der Waals surface area (Å²) < 4.78 is 0. The van der Waals surface area contributed by atoms with Crippen molar-refractivity contribution in [3.05, 3.63) is 82.9 Å². The third-order valence-electron chi connectivity index (χ3n) is 5.10. The Kier molecular flexibility index (Phi) is 6.17. The molecule has 0 saturated carbocycles. The third kappa shape index (κ3) is 5.19. The van der Waals surface area contributed by atoms with Gasteiger partial charge in [0.2, 0.25) is 5.91 Å². The van der Waals surface area contributed by atoms with Crippen molar-refractivity contribution in [1.82, 2.24) is 14.8 Å². The van der Waals surface area contributed by atoms with Crippen LogP contribution in [0.15, 0.2) is 66.1 Å². The van der Waals surface area contributed by atoms with Gasteiger partial charge in [-0.05, 0) is 18.6 Å². The highest BCUT2D eigenvalue weighted by molar-refractivity contribution is 7.13.